The summed E-state index contributed by atoms with van der Waals surface area (Å²) in [6.45, 7) is 11.6. The molecule has 0 bridgehead atoms. The van der Waals surface area contributed by atoms with Crippen molar-refractivity contribution >= 4 is 38.2 Å². The number of nitrogens with zero attached hydrogens (tertiary/aromatic N) is 1. The number of rotatable bonds is 4. The molecule has 1 aromatic heterocycles. The highest BCUT2D eigenvalue weighted by molar-refractivity contribution is 9.10. The van der Waals surface area contributed by atoms with Crippen LogP contribution in [0.15, 0.2) is 28.9 Å². The smallest absolute Gasteiger partial charge is 0.412 e. The minimum atomic E-state index is -4.57. The van der Waals surface area contributed by atoms with E-state index < -0.39 is 28.3 Å². The van der Waals surface area contributed by atoms with Crippen LogP contribution in [0.2, 0.25) is 0 Å². The number of hydrogen-bond donors (Lipinski definition) is 1. The predicted octanol–water partition coefficient (Wildman–Crippen LogP) is 6.11. The maximum Gasteiger partial charge on any atom is 0.412 e. The van der Waals surface area contributed by atoms with Gasteiger partial charge in [0.05, 0.1) is 0 Å². The van der Waals surface area contributed by atoms with Crippen LogP contribution >= 0.6 is 15.9 Å². The van der Waals surface area contributed by atoms with Crippen LogP contribution in [0.25, 0.3) is 10.9 Å². The number of halogens is 4. The van der Waals surface area contributed by atoms with Gasteiger partial charge in [0.2, 0.25) is 0 Å². The van der Waals surface area contributed by atoms with Gasteiger partial charge in [-0.1, -0.05) is 42.8 Å². The first-order chi connectivity index (χ1) is 12.1. The van der Waals surface area contributed by atoms with Gasteiger partial charge in [0.15, 0.2) is 6.04 Å². The Kier molecular flexibility index (Phi) is 6.37. The van der Waals surface area contributed by atoms with E-state index in [2.05, 4.69) is 20.7 Å². The van der Waals surface area contributed by atoms with E-state index in [0.29, 0.717) is 17.4 Å². The molecule has 2 rings (SSSR count). The van der Waals surface area contributed by atoms with Gasteiger partial charge in [0.1, 0.15) is 4.75 Å². The third-order valence-electron chi connectivity index (χ3n) is 3.94. The van der Waals surface area contributed by atoms with E-state index in [4.69, 9.17) is 0 Å². The second-order valence-electron chi connectivity index (χ2n) is 8.91. The third kappa shape index (κ3) is 5.65. The number of hydrogen-bond acceptors (Lipinski definition) is 2. The number of fused-ring (bicyclic) bond motifs is 1. The Balaban J connectivity index is 2.62. The van der Waals surface area contributed by atoms with Crippen molar-refractivity contribution in [1.29, 1.82) is 0 Å². The van der Waals surface area contributed by atoms with Crippen molar-refractivity contribution in [2.24, 2.45) is 5.41 Å². The highest BCUT2D eigenvalue weighted by atomic mass is 79.9. The molecule has 0 fully saturated rings. The van der Waals surface area contributed by atoms with Gasteiger partial charge < -0.3 is 9.12 Å². The summed E-state index contributed by atoms with van der Waals surface area (Å²) in [7, 11) is 0. The minimum Gasteiger partial charge on any atom is -0.598 e. The second-order valence-corrected chi connectivity index (χ2v) is 11.8. The van der Waals surface area contributed by atoms with Gasteiger partial charge in [0.25, 0.3) is 0 Å². The molecule has 1 N–H and O–H groups in total. The molecule has 152 valence electrons. The van der Waals surface area contributed by atoms with E-state index in [1.807, 2.05) is 31.4 Å². The van der Waals surface area contributed by atoms with Crippen molar-refractivity contribution in [3.8, 4) is 0 Å². The summed E-state index contributed by atoms with van der Waals surface area (Å²) < 4.78 is 58.2. The van der Waals surface area contributed by atoms with Gasteiger partial charge >= 0.3 is 6.18 Å². The molecule has 0 aliphatic heterocycles. The molecule has 1 heterocycles. The minimum absolute atomic E-state index is 0.0897. The predicted molar refractivity (Wildman–Crippen MR) is 109 cm³/mol. The van der Waals surface area contributed by atoms with Crippen LogP contribution in [-0.4, -0.2) is 20.0 Å². The Labute approximate surface area is 170 Å². The van der Waals surface area contributed by atoms with E-state index in [1.54, 1.807) is 32.9 Å². The SMILES string of the molecule is CC(C)(C)Cn1cc(C(N[S@@+]([O-])C(C)(C)C)C(F)(F)F)c2ccc(Br)cc21. The average Bonchev–Trinajstić information content (AvgIpc) is 2.78. The maximum atomic E-state index is 13.9. The molecular weight excluding hydrogens is 441 g/mol. The Morgan fingerprint density at radius 3 is 2.22 bits per heavy atom. The van der Waals surface area contributed by atoms with Crippen molar-refractivity contribution in [3.05, 3.63) is 34.4 Å². The van der Waals surface area contributed by atoms with Crippen molar-refractivity contribution in [2.45, 2.75) is 65.1 Å². The van der Waals surface area contributed by atoms with Crippen molar-refractivity contribution < 1.29 is 17.7 Å². The van der Waals surface area contributed by atoms with Crippen LogP contribution in [-0.2, 0) is 17.9 Å². The summed E-state index contributed by atoms with van der Waals surface area (Å²) in [5.74, 6) is 0. The lowest BCUT2D eigenvalue weighted by Gasteiger charge is -2.29. The summed E-state index contributed by atoms with van der Waals surface area (Å²) in [6.07, 6.45) is -3.04. The first-order valence-electron chi connectivity index (χ1n) is 8.63. The molecule has 2 aromatic rings. The van der Waals surface area contributed by atoms with Crippen LogP contribution in [0.1, 0.15) is 53.1 Å². The zero-order chi connectivity index (χ0) is 20.8. The fourth-order valence-corrected chi connectivity index (χ4v) is 3.93. The summed E-state index contributed by atoms with van der Waals surface area (Å²) in [5.41, 5.74) is 0.694. The van der Waals surface area contributed by atoms with Crippen LogP contribution < -0.4 is 4.72 Å². The van der Waals surface area contributed by atoms with Crippen LogP contribution in [0, 0.1) is 5.41 Å². The lowest BCUT2D eigenvalue weighted by Crippen LogP contribution is -2.45. The Bertz CT molecular complexity index is 806. The number of benzene rings is 1. The van der Waals surface area contributed by atoms with E-state index >= 15 is 0 Å². The van der Waals surface area contributed by atoms with Gasteiger partial charge in [-0.3, -0.25) is 0 Å². The number of aromatic nitrogens is 1. The standard InChI is InChI=1S/C19H26BrF3N2OS/c1-17(2,3)11-25-10-14(13-8-7-12(20)9-15(13)25)16(19(21,22)23)24-27(26)18(4,5)6/h7-10,16,24H,11H2,1-6H3/t16?,27-/m0/s1. The molecule has 2 atom stereocenters. The third-order valence-corrected chi connectivity index (χ3v) is 5.99. The average molecular weight is 467 g/mol. The zero-order valence-corrected chi connectivity index (χ0v) is 18.8. The molecule has 0 amide bonds. The molecule has 1 aromatic carbocycles. The van der Waals surface area contributed by atoms with Crippen molar-refractivity contribution in [1.82, 2.24) is 9.29 Å². The summed E-state index contributed by atoms with van der Waals surface area (Å²) >= 11 is 1.54. The van der Waals surface area contributed by atoms with Gasteiger partial charge in [-0.05, 0) is 38.3 Å². The Hall–Kier alpha value is -0.700. The highest BCUT2D eigenvalue weighted by Gasteiger charge is 2.47. The number of alkyl halides is 3. The highest BCUT2D eigenvalue weighted by Crippen LogP contribution is 2.40. The fraction of sp³-hybridized carbons (Fsp3) is 0.579. The van der Waals surface area contributed by atoms with E-state index in [9.17, 15) is 17.7 Å². The van der Waals surface area contributed by atoms with Gasteiger partial charge in [0, 0.05) is 45.0 Å². The molecule has 0 aliphatic carbocycles. The number of nitrogens with one attached hydrogen (secondary N) is 1. The van der Waals surface area contributed by atoms with Crippen LogP contribution in [0.5, 0.6) is 0 Å². The van der Waals surface area contributed by atoms with E-state index in [-0.39, 0.29) is 11.0 Å². The zero-order valence-electron chi connectivity index (χ0n) is 16.4. The van der Waals surface area contributed by atoms with Crippen molar-refractivity contribution in [2.75, 3.05) is 0 Å². The van der Waals surface area contributed by atoms with Crippen LogP contribution in [0.4, 0.5) is 13.2 Å². The van der Waals surface area contributed by atoms with E-state index in [0.717, 1.165) is 4.47 Å². The Morgan fingerprint density at radius 2 is 1.74 bits per heavy atom. The van der Waals surface area contributed by atoms with E-state index in [1.165, 1.54) is 6.20 Å². The lowest BCUT2D eigenvalue weighted by atomic mass is 9.97. The normalized spacial score (nSPS) is 16.0. The topological polar surface area (TPSA) is 40.0 Å². The Morgan fingerprint density at radius 1 is 1.15 bits per heavy atom. The quantitative estimate of drug-likeness (QED) is 0.552. The molecule has 1 unspecified atom stereocenters. The first-order valence-corrected chi connectivity index (χ1v) is 10.6. The summed E-state index contributed by atoms with van der Waals surface area (Å²) in [5, 5.41) is 0.503. The molecule has 0 spiro atoms. The maximum absolute atomic E-state index is 13.9. The monoisotopic (exact) mass is 466 g/mol. The van der Waals surface area contributed by atoms with Crippen molar-refractivity contribution in [3.63, 3.8) is 0 Å². The van der Waals surface area contributed by atoms with Gasteiger partial charge in [-0.15, -0.1) is 4.72 Å². The molecular formula is C19H26BrF3N2OS. The lowest BCUT2D eigenvalue weighted by molar-refractivity contribution is -0.152. The second kappa shape index (κ2) is 7.61. The molecule has 0 saturated heterocycles. The van der Waals surface area contributed by atoms with Crippen LogP contribution in [0.3, 0.4) is 0 Å². The molecule has 0 radical (unpaired) electrons. The molecule has 0 saturated carbocycles. The van der Waals surface area contributed by atoms with Gasteiger partial charge in [-0.2, -0.15) is 13.2 Å². The van der Waals surface area contributed by atoms with Gasteiger partial charge in [-0.25, -0.2) is 0 Å². The first kappa shape index (κ1) is 22.6. The molecule has 8 heteroatoms. The summed E-state index contributed by atoms with van der Waals surface area (Å²) in [4.78, 5) is 0. The molecule has 3 nitrogen and oxygen atoms in total. The fourth-order valence-electron chi connectivity index (χ4n) is 2.76. The molecule has 27 heavy (non-hydrogen) atoms. The largest absolute Gasteiger partial charge is 0.598 e. The summed E-state index contributed by atoms with van der Waals surface area (Å²) in [6, 6.07) is 3.21. The molecule has 0 aliphatic rings.